The van der Waals surface area contributed by atoms with E-state index < -0.39 is 0 Å². The molecule has 6 heteroatoms. The zero-order valence-corrected chi connectivity index (χ0v) is 13.2. The molecule has 0 atom stereocenters. The van der Waals surface area contributed by atoms with Gasteiger partial charge in [0.05, 0.1) is 7.11 Å². The van der Waals surface area contributed by atoms with Crippen LogP contribution in [0.2, 0.25) is 0 Å². The SMILES string of the molecule is COc1ccc(C(=O)Nc2ccc(N3CCCCC3)nn2)cc1. The molecule has 1 saturated heterocycles. The van der Waals surface area contributed by atoms with Crippen LogP contribution < -0.4 is 15.0 Å². The van der Waals surface area contributed by atoms with Gasteiger partial charge in [-0.15, -0.1) is 10.2 Å². The highest BCUT2D eigenvalue weighted by Gasteiger charge is 2.13. The summed E-state index contributed by atoms with van der Waals surface area (Å²) in [6.07, 6.45) is 3.66. The maximum atomic E-state index is 12.2. The number of carbonyl (C=O) groups excluding carboxylic acids is 1. The van der Waals surface area contributed by atoms with Crippen LogP contribution in [0.25, 0.3) is 0 Å². The van der Waals surface area contributed by atoms with Gasteiger partial charge in [0.15, 0.2) is 11.6 Å². The minimum absolute atomic E-state index is 0.215. The molecule has 1 N–H and O–H groups in total. The van der Waals surface area contributed by atoms with Crippen molar-refractivity contribution in [2.24, 2.45) is 0 Å². The first-order valence-corrected chi connectivity index (χ1v) is 7.80. The molecule has 3 rings (SSSR count). The number of benzene rings is 1. The molecule has 120 valence electrons. The van der Waals surface area contributed by atoms with Gasteiger partial charge in [0, 0.05) is 18.7 Å². The van der Waals surface area contributed by atoms with E-state index in [9.17, 15) is 4.79 Å². The van der Waals surface area contributed by atoms with E-state index in [1.165, 1.54) is 19.3 Å². The van der Waals surface area contributed by atoms with Gasteiger partial charge in [-0.1, -0.05) is 0 Å². The lowest BCUT2D eigenvalue weighted by atomic mass is 10.1. The Kier molecular flexibility index (Phi) is 4.71. The third kappa shape index (κ3) is 3.77. The van der Waals surface area contributed by atoms with Gasteiger partial charge in [-0.3, -0.25) is 4.79 Å². The molecule has 1 aliphatic heterocycles. The van der Waals surface area contributed by atoms with Crippen molar-refractivity contribution in [2.75, 3.05) is 30.4 Å². The number of nitrogens with one attached hydrogen (secondary N) is 1. The topological polar surface area (TPSA) is 67.3 Å². The van der Waals surface area contributed by atoms with Gasteiger partial charge in [0.1, 0.15) is 5.75 Å². The summed E-state index contributed by atoms with van der Waals surface area (Å²) >= 11 is 0. The van der Waals surface area contributed by atoms with Crippen LogP contribution in [0.4, 0.5) is 11.6 Å². The third-order valence-electron chi connectivity index (χ3n) is 3.92. The fourth-order valence-corrected chi connectivity index (χ4v) is 2.61. The van der Waals surface area contributed by atoms with Crippen molar-refractivity contribution in [2.45, 2.75) is 19.3 Å². The summed E-state index contributed by atoms with van der Waals surface area (Å²) in [4.78, 5) is 14.4. The molecule has 1 aromatic heterocycles. The van der Waals surface area contributed by atoms with E-state index in [2.05, 4.69) is 20.4 Å². The Morgan fingerprint density at radius 2 is 1.78 bits per heavy atom. The Bertz CT molecular complexity index is 649. The molecule has 0 unspecified atom stereocenters. The Labute approximate surface area is 135 Å². The van der Waals surface area contributed by atoms with E-state index in [-0.39, 0.29) is 5.91 Å². The van der Waals surface area contributed by atoms with E-state index >= 15 is 0 Å². The van der Waals surface area contributed by atoms with Crippen LogP contribution in [-0.2, 0) is 0 Å². The average Bonchev–Trinajstić information content (AvgIpc) is 2.63. The zero-order chi connectivity index (χ0) is 16.1. The lowest BCUT2D eigenvalue weighted by molar-refractivity contribution is 0.102. The van der Waals surface area contributed by atoms with Gasteiger partial charge in [-0.2, -0.15) is 0 Å². The van der Waals surface area contributed by atoms with Crippen molar-refractivity contribution < 1.29 is 9.53 Å². The number of amides is 1. The second-order valence-corrected chi connectivity index (χ2v) is 5.51. The van der Waals surface area contributed by atoms with Crippen molar-refractivity contribution >= 4 is 17.5 Å². The Morgan fingerprint density at radius 1 is 1.04 bits per heavy atom. The summed E-state index contributed by atoms with van der Waals surface area (Å²) in [7, 11) is 1.59. The Morgan fingerprint density at radius 3 is 2.39 bits per heavy atom. The van der Waals surface area contributed by atoms with Gasteiger partial charge in [-0.05, 0) is 55.7 Å². The number of nitrogens with zero attached hydrogens (tertiary/aromatic N) is 3. The number of carbonyl (C=O) groups is 1. The summed E-state index contributed by atoms with van der Waals surface area (Å²) in [6.45, 7) is 2.04. The maximum Gasteiger partial charge on any atom is 0.256 e. The highest BCUT2D eigenvalue weighted by atomic mass is 16.5. The lowest BCUT2D eigenvalue weighted by Gasteiger charge is -2.27. The first-order valence-electron chi connectivity index (χ1n) is 7.80. The normalized spacial score (nSPS) is 14.4. The minimum Gasteiger partial charge on any atom is -0.497 e. The Balaban J connectivity index is 1.63. The van der Waals surface area contributed by atoms with Crippen LogP contribution in [-0.4, -0.2) is 36.3 Å². The van der Waals surface area contributed by atoms with Gasteiger partial charge >= 0.3 is 0 Å². The Hall–Kier alpha value is -2.63. The van der Waals surface area contributed by atoms with Gasteiger partial charge in [0.25, 0.3) is 5.91 Å². The summed E-state index contributed by atoms with van der Waals surface area (Å²) < 4.78 is 5.08. The lowest BCUT2D eigenvalue weighted by Crippen LogP contribution is -2.30. The van der Waals surface area contributed by atoms with Gasteiger partial charge < -0.3 is 15.0 Å². The molecule has 0 spiro atoms. The van der Waals surface area contributed by atoms with Crippen molar-refractivity contribution in [1.82, 2.24) is 10.2 Å². The number of rotatable bonds is 4. The predicted octanol–water partition coefficient (Wildman–Crippen LogP) is 2.73. The van der Waals surface area contributed by atoms with Crippen molar-refractivity contribution in [3.63, 3.8) is 0 Å². The predicted molar refractivity (Wildman–Crippen MR) is 89.0 cm³/mol. The van der Waals surface area contributed by atoms with E-state index in [0.29, 0.717) is 17.1 Å². The second-order valence-electron chi connectivity index (χ2n) is 5.51. The van der Waals surface area contributed by atoms with Crippen LogP contribution in [0.1, 0.15) is 29.6 Å². The summed E-state index contributed by atoms with van der Waals surface area (Å²) in [5.41, 5.74) is 0.549. The number of ether oxygens (including phenoxy) is 1. The van der Waals surface area contributed by atoms with Crippen LogP contribution in [0.3, 0.4) is 0 Å². The molecule has 1 aromatic carbocycles. The van der Waals surface area contributed by atoms with E-state index in [0.717, 1.165) is 18.9 Å². The molecule has 23 heavy (non-hydrogen) atoms. The van der Waals surface area contributed by atoms with E-state index in [1.807, 2.05) is 6.07 Å². The molecule has 0 saturated carbocycles. The molecule has 2 aromatic rings. The van der Waals surface area contributed by atoms with Gasteiger partial charge in [0.2, 0.25) is 0 Å². The largest absolute Gasteiger partial charge is 0.497 e. The standard InChI is InChI=1S/C17H20N4O2/c1-23-14-7-5-13(6-8-14)17(22)18-15-9-10-16(20-19-15)21-11-3-2-4-12-21/h5-10H,2-4,11-12H2,1H3,(H,18,19,22). The molecule has 6 nitrogen and oxygen atoms in total. The number of aromatic nitrogens is 2. The summed E-state index contributed by atoms with van der Waals surface area (Å²) in [5, 5.41) is 11.1. The van der Waals surface area contributed by atoms with Crippen LogP contribution in [0.15, 0.2) is 36.4 Å². The molecular weight excluding hydrogens is 292 g/mol. The van der Waals surface area contributed by atoms with Crippen LogP contribution in [0.5, 0.6) is 5.75 Å². The zero-order valence-electron chi connectivity index (χ0n) is 13.2. The smallest absolute Gasteiger partial charge is 0.256 e. The monoisotopic (exact) mass is 312 g/mol. The minimum atomic E-state index is -0.215. The number of methoxy groups -OCH3 is 1. The molecule has 0 radical (unpaired) electrons. The molecule has 0 aliphatic carbocycles. The fraction of sp³-hybridized carbons (Fsp3) is 0.353. The first-order chi connectivity index (χ1) is 11.3. The van der Waals surface area contributed by atoms with Crippen molar-refractivity contribution in [3.05, 3.63) is 42.0 Å². The van der Waals surface area contributed by atoms with Crippen LogP contribution >= 0.6 is 0 Å². The van der Waals surface area contributed by atoms with Gasteiger partial charge in [-0.25, -0.2) is 0 Å². The highest BCUT2D eigenvalue weighted by molar-refractivity contribution is 6.03. The number of anilines is 2. The average molecular weight is 312 g/mol. The number of piperidine rings is 1. The fourth-order valence-electron chi connectivity index (χ4n) is 2.61. The second kappa shape index (κ2) is 7.09. The summed E-state index contributed by atoms with van der Waals surface area (Å²) in [5.74, 6) is 1.82. The third-order valence-corrected chi connectivity index (χ3v) is 3.92. The quantitative estimate of drug-likeness (QED) is 0.940. The highest BCUT2D eigenvalue weighted by Crippen LogP contribution is 2.18. The molecule has 1 fully saturated rings. The van der Waals surface area contributed by atoms with Crippen molar-refractivity contribution in [3.8, 4) is 5.75 Å². The van der Waals surface area contributed by atoms with Crippen LogP contribution in [0, 0.1) is 0 Å². The maximum absolute atomic E-state index is 12.2. The molecule has 1 aliphatic rings. The van der Waals surface area contributed by atoms with E-state index in [4.69, 9.17) is 4.74 Å². The molecule has 0 bridgehead atoms. The summed E-state index contributed by atoms with van der Waals surface area (Å²) in [6, 6.07) is 10.6. The van der Waals surface area contributed by atoms with E-state index in [1.54, 1.807) is 37.4 Å². The molecule has 1 amide bonds. The first kappa shape index (κ1) is 15.3. The molecular formula is C17H20N4O2. The number of hydrogen-bond acceptors (Lipinski definition) is 5. The van der Waals surface area contributed by atoms with Crippen molar-refractivity contribution in [1.29, 1.82) is 0 Å². The number of hydrogen-bond donors (Lipinski definition) is 1. The molecule has 2 heterocycles.